The molecule has 1 heterocycles. The van der Waals surface area contributed by atoms with Crippen molar-refractivity contribution in [3.8, 4) is 0 Å². The molecule has 1 aliphatic heterocycles. The topological polar surface area (TPSA) is 63.0 Å². The number of nitrogens with one attached hydrogen (secondary N) is 1. The summed E-state index contributed by atoms with van der Waals surface area (Å²) in [6.45, 7) is 3.32. The normalized spacial score (nSPS) is 24.3. The summed E-state index contributed by atoms with van der Waals surface area (Å²) in [5.41, 5.74) is 3.03. The Labute approximate surface area is 177 Å². The number of allylic oxidation sites excluding steroid dienone is 4. The van der Waals surface area contributed by atoms with Gasteiger partial charge in [0.1, 0.15) is 12.4 Å². The molecule has 0 bridgehead atoms. The average molecular weight is 437 g/mol. The van der Waals surface area contributed by atoms with Gasteiger partial charge >= 0.3 is 6.18 Å². The number of aliphatic imine (C=N–C) groups is 1. The molecule has 5 nitrogen and oxygen atoms in total. The van der Waals surface area contributed by atoms with Crippen molar-refractivity contribution < 1.29 is 22.8 Å². The summed E-state index contributed by atoms with van der Waals surface area (Å²) < 4.78 is 39.8. The van der Waals surface area contributed by atoms with E-state index in [1.807, 2.05) is 37.3 Å². The Morgan fingerprint density at radius 2 is 2.07 bits per heavy atom. The standard InChI is InChI=1S/C21H22F3N3O2S/c1-12(27-29-3)14-8-10-15(11-9-14)16-6-4-5-7-17(16)26-20(28)18-19(21(22,23)24)25-13(2)30-18/h4-10,15,18-19H,11H2,1-3H3,(H,26,28)/b27-12+. The first-order valence-corrected chi connectivity index (χ1v) is 10.2. The Kier molecular flexibility index (Phi) is 6.70. The van der Waals surface area contributed by atoms with E-state index < -0.39 is 23.4 Å². The number of hydrogen-bond acceptors (Lipinski definition) is 5. The van der Waals surface area contributed by atoms with Crippen molar-refractivity contribution in [2.75, 3.05) is 12.4 Å². The van der Waals surface area contributed by atoms with Crippen molar-refractivity contribution in [2.24, 2.45) is 10.1 Å². The summed E-state index contributed by atoms with van der Waals surface area (Å²) in [4.78, 5) is 21.1. The van der Waals surface area contributed by atoms with Crippen LogP contribution >= 0.6 is 11.8 Å². The molecular formula is C21H22F3N3O2S. The highest BCUT2D eigenvalue weighted by Crippen LogP contribution is 2.38. The number of amides is 1. The zero-order chi connectivity index (χ0) is 21.9. The summed E-state index contributed by atoms with van der Waals surface area (Å²) >= 11 is 0.847. The lowest BCUT2D eigenvalue weighted by Crippen LogP contribution is -2.41. The Balaban J connectivity index is 1.76. The van der Waals surface area contributed by atoms with Gasteiger partial charge in [-0.25, -0.2) is 0 Å². The van der Waals surface area contributed by atoms with E-state index in [0.29, 0.717) is 12.1 Å². The number of alkyl halides is 3. The van der Waals surface area contributed by atoms with Gasteiger partial charge in [-0.1, -0.05) is 53.3 Å². The molecule has 1 aliphatic carbocycles. The first kappa shape index (κ1) is 22.1. The largest absolute Gasteiger partial charge is 0.412 e. The fourth-order valence-corrected chi connectivity index (χ4v) is 4.48. The number of rotatable bonds is 5. The minimum atomic E-state index is -4.57. The second kappa shape index (κ2) is 9.07. The summed E-state index contributed by atoms with van der Waals surface area (Å²) in [6.07, 6.45) is 2.03. The lowest BCUT2D eigenvalue weighted by Gasteiger charge is -2.22. The maximum atomic E-state index is 13.3. The molecule has 0 saturated heterocycles. The smallest absolute Gasteiger partial charge is 0.399 e. The van der Waals surface area contributed by atoms with E-state index in [4.69, 9.17) is 4.84 Å². The molecule has 160 valence electrons. The van der Waals surface area contributed by atoms with E-state index in [2.05, 4.69) is 15.5 Å². The fourth-order valence-electron chi connectivity index (χ4n) is 3.43. The van der Waals surface area contributed by atoms with Gasteiger partial charge in [0.15, 0.2) is 6.04 Å². The van der Waals surface area contributed by atoms with Gasteiger partial charge in [0, 0.05) is 11.6 Å². The number of nitrogens with zero attached hydrogens (tertiary/aromatic N) is 2. The first-order valence-electron chi connectivity index (χ1n) is 9.34. The highest BCUT2D eigenvalue weighted by Gasteiger charge is 2.51. The summed E-state index contributed by atoms with van der Waals surface area (Å²) in [5, 5.41) is 5.53. The minimum absolute atomic E-state index is 0.0202. The summed E-state index contributed by atoms with van der Waals surface area (Å²) in [6, 6.07) is 5.12. The molecule has 0 fully saturated rings. The molecule has 1 amide bonds. The molecule has 9 heteroatoms. The second-order valence-corrected chi connectivity index (χ2v) is 8.30. The van der Waals surface area contributed by atoms with Gasteiger partial charge in [-0.05, 0) is 37.5 Å². The molecule has 30 heavy (non-hydrogen) atoms. The summed E-state index contributed by atoms with van der Waals surface area (Å²) in [7, 11) is 1.48. The molecule has 3 unspecified atom stereocenters. The Bertz CT molecular complexity index is 938. The number of para-hydroxylation sites is 1. The van der Waals surface area contributed by atoms with E-state index in [-0.39, 0.29) is 11.0 Å². The van der Waals surface area contributed by atoms with Gasteiger partial charge in [0.25, 0.3) is 0 Å². The van der Waals surface area contributed by atoms with E-state index in [1.54, 1.807) is 12.1 Å². The van der Waals surface area contributed by atoms with Crippen LogP contribution < -0.4 is 5.32 Å². The minimum Gasteiger partial charge on any atom is -0.399 e. The third kappa shape index (κ3) is 4.95. The number of halogens is 3. The van der Waals surface area contributed by atoms with Gasteiger partial charge in [-0.2, -0.15) is 13.2 Å². The summed E-state index contributed by atoms with van der Waals surface area (Å²) in [5.74, 6) is -0.720. The number of anilines is 1. The van der Waals surface area contributed by atoms with Crippen molar-refractivity contribution in [2.45, 2.75) is 43.7 Å². The van der Waals surface area contributed by atoms with Crippen LogP contribution in [0.4, 0.5) is 18.9 Å². The molecule has 1 aromatic rings. The predicted molar refractivity (Wildman–Crippen MR) is 114 cm³/mol. The van der Waals surface area contributed by atoms with Crippen LogP contribution in [0, 0.1) is 0 Å². The van der Waals surface area contributed by atoms with Crippen molar-refractivity contribution >= 4 is 34.1 Å². The molecular weight excluding hydrogens is 415 g/mol. The molecule has 0 spiro atoms. The molecule has 3 rings (SSSR count). The Hall–Kier alpha value is -2.55. The number of oxime groups is 1. The fraction of sp³-hybridized carbons (Fsp3) is 0.381. The molecule has 3 atom stereocenters. The van der Waals surface area contributed by atoms with Gasteiger partial charge in [0.05, 0.1) is 10.8 Å². The van der Waals surface area contributed by atoms with Gasteiger partial charge in [-0.3, -0.25) is 9.79 Å². The van der Waals surface area contributed by atoms with Crippen molar-refractivity contribution in [1.29, 1.82) is 0 Å². The van der Waals surface area contributed by atoms with Gasteiger partial charge < -0.3 is 10.2 Å². The molecule has 1 N–H and O–H groups in total. The lowest BCUT2D eigenvalue weighted by molar-refractivity contribution is -0.150. The highest BCUT2D eigenvalue weighted by atomic mass is 32.2. The van der Waals surface area contributed by atoms with Crippen LogP contribution in [0.3, 0.4) is 0 Å². The Morgan fingerprint density at radius 1 is 1.33 bits per heavy atom. The van der Waals surface area contributed by atoms with E-state index >= 15 is 0 Å². The highest BCUT2D eigenvalue weighted by molar-refractivity contribution is 8.15. The van der Waals surface area contributed by atoms with Crippen LogP contribution in [0.1, 0.15) is 31.7 Å². The quantitative estimate of drug-likeness (QED) is 0.516. The Morgan fingerprint density at radius 3 is 2.70 bits per heavy atom. The van der Waals surface area contributed by atoms with Gasteiger partial charge in [0.2, 0.25) is 5.91 Å². The lowest BCUT2D eigenvalue weighted by atomic mass is 9.88. The van der Waals surface area contributed by atoms with Crippen molar-refractivity contribution in [3.05, 3.63) is 53.6 Å². The third-order valence-corrected chi connectivity index (χ3v) is 6.04. The maximum Gasteiger partial charge on any atom is 0.412 e. The van der Waals surface area contributed by atoms with E-state index in [1.165, 1.54) is 14.0 Å². The third-order valence-electron chi connectivity index (χ3n) is 4.86. The molecule has 0 aromatic heterocycles. The molecule has 1 aromatic carbocycles. The SMILES string of the molecule is CO/N=C(\C)C1=CCC(c2ccccc2NC(=O)C2SC(C)=NC2C(F)(F)F)C=C1. The number of carbonyl (C=O) groups is 1. The van der Waals surface area contributed by atoms with Crippen molar-refractivity contribution in [1.82, 2.24) is 0 Å². The van der Waals surface area contributed by atoms with Crippen LogP contribution in [0.15, 0.2) is 58.2 Å². The van der Waals surface area contributed by atoms with Crippen molar-refractivity contribution in [3.63, 3.8) is 0 Å². The van der Waals surface area contributed by atoms with Crippen LogP contribution in [-0.2, 0) is 9.63 Å². The molecule has 0 saturated carbocycles. The van der Waals surface area contributed by atoms with E-state index in [9.17, 15) is 18.0 Å². The maximum absolute atomic E-state index is 13.3. The second-order valence-electron chi connectivity index (χ2n) is 6.97. The van der Waals surface area contributed by atoms with Gasteiger partial charge in [-0.15, -0.1) is 0 Å². The molecule has 2 aliphatic rings. The zero-order valence-corrected chi connectivity index (χ0v) is 17.6. The van der Waals surface area contributed by atoms with Crippen LogP contribution in [0.25, 0.3) is 0 Å². The predicted octanol–water partition coefficient (Wildman–Crippen LogP) is 5.08. The average Bonchev–Trinajstić information content (AvgIpc) is 3.11. The zero-order valence-electron chi connectivity index (χ0n) is 16.7. The van der Waals surface area contributed by atoms with E-state index in [0.717, 1.165) is 28.6 Å². The number of carbonyl (C=O) groups excluding carboxylic acids is 1. The number of benzene rings is 1. The monoisotopic (exact) mass is 437 g/mol. The first-order chi connectivity index (χ1) is 14.2. The number of thioether (sulfide) groups is 1. The van der Waals surface area contributed by atoms with Crippen LogP contribution in [-0.4, -0.2) is 41.2 Å². The van der Waals surface area contributed by atoms with Crippen LogP contribution in [0.2, 0.25) is 0 Å². The van der Waals surface area contributed by atoms with Crippen LogP contribution in [0.5, 0.6) is 0 Å². The number of hydrogen-bond donors (Lipinski definition) is 1. The molecule has 0 radical (unpaired) electrons.